The molecule has 0 spiro atoms. The first kappa shape index (κ1) is 19.8. The second-order valence-corrected chi connectivity index (χ2v) is 7.68. The highest BCUT2D eigenvalue weighted by molar-refractivity contribution is 7.71. The van der Waals surface area contributed by atoms with Gasteiger partial charge in [-0.2, -0.15) is 5.10 Å². The molecule has 0 bridgehead atoms. The van der Waals surface area contributed by atoms with Crippen molar-refractivity contribution in [2.75, 3.05) is 20.2 Å². The number of aryl methyl sites for hydroxylation is 2. The molecule has 1 fully saturated rings. The smallest absolute Gasteiger partial charge is 0.199 e. The van der Waals surface area contributed by atoms with Crippen LogP contribution < -0.4 is 4.74 Å². The second kappa shape index (κ2) is 9.33. The van der Waals surface area contributed by atoms with Gasteiger partial charge in [-0.05, 0) is 68.4 Å². The summed E-state index contributed by atoms with van der Waals surface area (Å²) in [6.07, 6.45) is 6.76. The highest BCUT2D eigenvalue weighted by atomic mass is 32.1. The molecule has 6 heteroatoms. The molecule has 1 aliphatic rings. The van der Waals surface area contributed by atoms with Crippen molar-refractivity contribution in [3.05, 3.63) is 53.1 Å². The maximum absolute atomic E-state index is 5.56. The molecule has 3 rings (SSSR count). The van der Waals surface area contributed by atoms with Crippen molar-refractivity contribution >= 4 is 12.2 Å². The Labute approximate surface area is 167 Å². The summed E-state index contributed by atoms with van der Waals surface area (Å²) < 4.78 is 10.00. The van der Waals surface area contributed by atoms with Crippen LogP contribution in [0.15, 0.2) is 36.9 Å². The number of piperidine rings is 1. The first-order chi connectivity index (χ1) is 13.1. The zero-order chi connectivity index (χ0) is 19.2. The topological polar surface area (TPSA) is 35.2 Å². The Morgan fingerprint density at radius 3 is 2.59 bits per heavy atom. The summed E-state index contributed by atoms with van der Waals surface area (Å²) >= 11 is 5.56. The second-order valence-electron chi connectivity index (χ2n) is 7.32. The van der Waals surface area contributed by atoms with Gasteiger partial charge in [-0.15, -0.1) is 6.58 Å². The Morgan fingerprint density at radius 2 is 1.96 bits per heavy atom. The summed E-state index contributed by atoms with van der Waals surface area (Å²) in [5.74, 6) is 2.68. The van der Waals surface area contributed by atoms with E-state index in [0.717, 1.165) is 55.0 Å². The lowest BCUT2D eigenvalue weighted by atomic mass is 9.91. The van der Waals surface area contributed by atoms with E-state index < -0.39 is 0 Å². The monoisotopic (exact) mass is 386 g/mol. The summed E-state index contributed by atoms with van der Waals surface area (Å²) in [6.45, 7) is 9.53. The summed E-state index contributed by atoms with van der Waals surface area (Å²) in [5, 5.41) is 4.61. The molecule has 2 aromatic rings. The van der Waals surface area contributed by atoms with Crippen LogP contribution in [0.5, 0.6) is 5.75 Å². The molecule has 146 valence electrons. The Bertz CT molecular complexity index is 801. The minimum absolute atomic E-state index is 0.720. The molecule has 1 aliphatic heterocycles. The van der Waals surface area contributed by atoms with Gasteiger partial charge in [0, 0.05) is 19.6 Å². The van der Waals surface area contributed by atoms with E-state index in [-0.39, 0.29) is 0 Å². The quantitative estimate of drug-likeness (QED) is 0.503. The van der Waals surface area contributed by atoms with Crippen molar-refractivity contribution in [1.29, 1.82) is 0 Å². The van der Waals surface area contributed by atoms with Crippen molar-refractivity contribution in [2.24, 2.45) is 5.92 Å². The Hall–Kier alpha value is -1.92. The van der Waals surface area contributed by atoms with E-state index in [9.17, 15) is 0 Å². The van der Waals surface area contributed by atoms with Crippen LogP contribution in [0.3, 0.4) is 0 Å². The molecular weight excluding hydrogens is 356 g/mol. The zero-order valence-corrected chi connectivity index (χ0v) is 17.2. The van der Waals surface area contributed by atoms with Gasteiger partial charge in [0.25, 0.3) is 0 Å². The third-order valence-electron chi connectivity index (χ3n) is 5.46. The average Bonchev–Trinajstić information content (AvgIpc) is 2.95. The number of likely N-dealkylation sites (tertiary alicyclic amines) is 1. The van der Waals surface area contributed by atoms with Gasteiger partial charge in [0.05, 0.1) is 13.8 Å². The van der Waals surface area contributed by atoms with E-state index in [1.54, 1.807) is 7.11 Å². The number of allylic oxidation sites excluding steroid dienone is 1. The molecule has 0 aliphatic carbocycles. The van der Waals surface area contributed by atoms with E-state index in [1.807, 2.05) is 22.2 Å². The summed E-state index contributed by atoms with van der Waals surface area (Å²) in [7, 11) is 1.71. The average molecular weight is 387 g/mol. The van der Waals surface area contributed by atoms with Gasteiger partial charge in [-0.25, -0.2) is 4.68 Å². The van der Waals surface area contributed by atoms with Gasteiger partial charge in [-0.1, -0.05) is 18.2 Å². The number of hydrogen-bond donors (Lipinski definition) is 0. The van der Waals surface area contributed by atoms with Crippen LogP contribution >= 0.6 is 12.2 Å². The molecule has 1 aromatic carbocycles. The number of benzene rings is 1. The van der Waals surface area contributed by atoms with E-state index in [0.29, 0.717) is 0 Å². The lowest BCUT2D eigenvalue weighted by molar-refractivity contribution is 0.136. The van der Waals surface area contributed by atoms with Crippen LogP contribution in [0.25, 0.3) is 0 Å². The largest absolute Gasteiger partial charge is 0.497 e. The molecule has 27 heavy (non-hydrogen) atoms. The predicted molar refractivity (Wildman–Crippen MR) is 112 cm³/mol. The third-order valence-corrected chi connectivity index (χ3v) is 5.89. The van der Waals surface area contributed by atoms with Crippen molar-refractivity contribution in [1.82, 2.24) is 19.2 Å². The predicted octanol–water partition coefficient (Wildman–Crippen LogP) is 4.22. The Balaban J connectivity index is 1.47. The fourth-order valence-electron chi connectivity index (χ4n) is 3.75. The van der Waals surface area contributed by atoms with Gasteiger partial charge in [0.15, 0.2) is 4.77 Å². The van der Waals surface area contributed by atoms with Crippen molar-refractivity contribution in [2.45, 2.75) is 45.8 Å². The molecule has 0 amide bonds. The maximum atomic E-state index is 5.56. The number of methoxy groups -OCH3 is 1. The van der Waals surface area contributed by atoms with E-state index >= 15 is 0 Å². The van der Waals surface area contributed by atoms with Gasteiger partial charge in [-0.3, -0.25) is 4.90 Å². The van der Waals surface area contributed by atoms with Gasteiger partial charge < -0.3 is 9.30 Å². The minimum atomic E-state index is 0.720. The Morgan fingerprint density at radius 1 is 1.26 bits per heavy atom. The van der Waals surface area contributed by atoms with Crippen LogP contribution in [0.2, 0.25) is 0 Å². The Kier molecular flexibility index (Phi) is 6.85. The van der Waals surface area contributed by atoms with E-state index in [4.69, 9.17) is 17.0 Å². The molecular formula is C21H30N4OS. The summed E-state index contributed by atoms with van der Waals surface area (Å²) in [4.78, 5) is 2.46. The van der Waals surface area contributed by atoms with Crippen LogP contribution in [-0.4, -0.2) is 39.4 Å². The van der Waals surface area contributed by atoms with Gasteiger partial charge in [0.2, 0.25) is 0 Å². The van der Waals surface area contributed by atoms with Crippen molar-refractivity contribution in [3.8, 4) is 5.75 Å². The number of nitrogens with zero attached hydrogens (tertiary/aromatic N) is 4. The highest BCUT2D eigenvalue weighted by Gasteiger charge is 2.20. The standard InChI is InChI=1S/C21H30N4OS/c1-4-13-24-17(2)22-25(21(24)27)16-23-14-11-19(12-15-23)6-5-18-7-9-20(26-3)10-8-18/h4,7-10,19H,1,5-6,11-16H2,2-3H3. The lowest BCUT2D eigenvalue weighted by Gasteiger charge is -2.31. The van der Waals surface area contributed by atoms with Crippen LogP contribution in [-0.2, 0) is 19.6 Å². The fraction of sp³-hybridized carbons (Fsp3) is 0.524. The van der Waals surface area contributed by atoms with Crippen LogP contribution in [0.1, 0.15) is 30.7 Å². The molecule has 0 unspecified atom stereocenters. The first-order valence-electron chi connectivity index (χ1n) is 9.71. The molecule has 0 atom stereocenters. The molecule has 2 heterocycles. The SMILES string of the molecule is C=CCn1c(C)nn(CN2CCC(CCc3ccc(OC)cc3)CC2)c1=S. The third kappa shape index (κ3) is 5.08. The molecule has 0 radical (unpaired) electrons. The number of aromatic nitrogens is 3. The van der Waals surface area contributed by atoms with Crippen molar-refractivity contribution in [3.63, 3.8) is 0 Å². The molecule has 5 nitrogen and oxygen atoms in total. The van der Waals surface area contributed by atoms with Crippen molar-refractivity contribution < 1.29 is 4.74 Å². The van der Waals surface area contributed by atoms with Gasteiger partial charge in [0.1, 0.15) is 11.6 Å². The molecule has 1 saturated heterocycles. The fourth-order valence-corrected chi connectivity index (χ4v) is 4.05. The zero-order valence-electron chi connectivity index (χ0n) is 16.4. The first-order valence-corrected chi connectivity index (χ1v) is 10.1. The lowest BCUT2D eigenvalue weighted by Crippen LogP contribution is -2.35. The van der Waals surface area contributed by atoms with E-state index in [1.165, 1.54) is 24.8 Å². The molecule has 1 aromatic heterocycles. The minimum Gasteiger partial charge on any atom is -0.497 e. The van der Waals surface area contributed by atoms with Crippen LogP contribution in [0.4, 0.5) is 0 Å². The summed E-state index contributed by atoms with van der Waals surface area (Å²) in [6, 6.07) is 8.46. The molecule has 0 N–H and O–H groups in total. The van der Waals surface area contributed by atoms with E-state index in [2.05, 4.69) is 40.8 Å². The van der Waals surface area contributed by atoms with Gasteiger partial charge >= 0.3 is 0 Å². The number of hydrogen-bond acceptors (Lipinski definition) is 4. The highest BCUT2D eigenvalue weighted by Crippen LogP contribution is 2.23. The number of rotatable bonds is 8. The summed E-state index contributed by atoms with van der Waals surface area (Å²) in [5.41, 5.74) is 1.40. The van der Waals surface area contributed by atoms with Crippen LogP contribution in [0, 0.1) is 17.6 Å². The number of ether oxygens (including phenoxy) is 1. The molecule has 0 saturated carbocycles. The maximum Gasteiger partial charge on any atom is 0.199 e. The normalized spacial score (nSPS) is 15.8.